The van der Waals surface area contributed by atoms with E-state index >= 15 is 0 Å². The molecule has 3 heterocycles. The van der Waals surface area contributed by atoms with Gasteiger partial charge < -0.3 is 9.30 Å². The number of aromatic nitrogens is 2. The third-order valence-electron chi connectivity index (χ3n) is 5.48. The van der Waals surface area contributed by atoms with Crippen LogP contribution in [0.2, 0.25) is 0 Å². The smallest absolute Gasteiger partial charge is 0.223 e. The van der Waals surface area contributed by atoms with E-state index in [-0.39, 0.29) is 24.1 Å². The van der Waals surface area contributed by atoms with Gasteiger partial charge >= 0.3 is 0 Å². The molecule has 1 aliphatic heterocycles. The minimum Gasteiger partial charge on any atom is -0.343 e. The van der Waals surface area contributed by atoms with Crippen molar-refractivity contribution >= 4 is 11.6 Å². The molecule has 3 aromatic rings. The summed E-state index contributed by atoms with van der Waals surface area (Å²) in [6.07, 6.45) is 7.23. The van der Waals surface area contributed by atoms with Crippen molar-refractivity contribution < 1.29 is 9.18 Å². The van der Waals surface area contributed by atoms with Gasteiger partial charge in [-0.1, -0.05) is 24.3 Å². The van der Waals surface area contributed by atoms with Gasteiger partial charge in [0.25, 0.3) is 0 Å². The van der Waals surface area contributed by atoms with Crippen LogP contribution in [0.1, 0.15) is 48.4 Å². The van der Waals surface area contributed by atoms with Gasteiger partial charge in [0.05, 0.1) is 5.69 Å². The number of likely N-dealkylation sites (tertiary alicyclic amines) is 1. The molecule has 5 heteroatoms. The zero-order valence-corrected chi connectivity index (χ0v) is 15.6. The van der Waals surface area contributed by atoms with Gasteiger partial charge in [-0.15, -0.1) is 0 Å². The topological polar surface area (TPSA) is 37.6 Å². The molecular formula is C22H24FN3O. The van der Waals surface area contributed by atoms with E-state index in [9.17, 15) is 9.18 Å². The van der Waals surface area contributed by atoms with Crippen LogP contribution in [-0.4, -0.2) is 33.3 Å². The molecule has 0 saturated carbocycles. The van der Waals surface area contributed by atoms with Crippen molar-refractivity contribution in [2.45, 2.75) is 38.5 Å². The number of carbonyl (C=O) groups excluding carboxylic acids is 1. The lowest BCUT2D eigenvalue weighted by molar-refractivity contribution is -0.132. The minimum atomic E-state index is -0.363. The highest BCUT2D eigenvalue weighted by molar-refractivity contribution is 5.78. The van der Waals surface area contributed by atoms with Crippen LogP contribution in [0, 0.1) is 12.7 Å². The molecule has 0 aliphatic carbocycles. The Hall–Kier alpha value is -2.69. The normalized spacial score (nSPS) is 15.9. The number of imidazole rings is 1. The molecule has 1 amide bonds. The van der Waals surface area contributed by atoms with E-state index in [1.807, 2.05) is 40.6 Å². The van der Waals surface area contributed by atoms with E-state index in [0.717, 1.165) is 42.8 Å². The summed E-state index contributed by atoms with van der Waals surface area (Å²) in [5, 5.41) is 0. The van der Waals surface area contributed by atoms with Gasteiger partial charge in [-0.05, 0) is 49.4 Å². The molecule has 4 rings (SSSR count). The number of rotatable bonds is 4. The van der Waals surface area contributed by atoms with Crippen LogP contribution in [0.25, 0.3) is 5.65 Å². The van der Waals surface area contributed by atoms with Crippen molar-refractivity contribution in [3.63, 3.8) is 0 Å². The number of benzene rings is 1. The third-order valence-corrected chi connectivity index (χ3v) is 5.48. The first-order valence-corrected chi connectivity index (χ1v) is 9.60. The van der Waals surface area contributed by atoms with Crippen LogP contribution < -0.4 is 0 Å². The third kappa shape index (κ3) is 3.46. The van der Waals surface area contributed by atoms with E-state index in [1.165, 1.54) is 12.5 Å². The highest BCUT2D eigenvalue weighted by Crippen LogP contribution is 2.32. The Kier molecular flexibility index (Phi) is 4.92. The number of nitrogens with zero attached hydrogens (tertiary/aromatic N) is 3. The van der Waals surface area contributed by atoms with Crippen molar-refractivity contribution in [2.24, 2.45) is 0 Å². The number of carbonyl (C=O) groups is 1. The summed E-state index contributed by atoms with van der Waals surface area (Å²) in [5.41, 5.74) is 3.30. The molecule has 1 atom stereocenters. The molecule has 4 nitrogen and oxygen atoms in total. The molecule has 1 fully saturated rings. The highest BCUT2D eigenvalue weighted by atomic mass is 19.1. The number of fused-ring (bicyclic) bond motifs is 1. The quantitative estimate of drug-likeness (QED) is 0.691. The highest BCUT2D eigenvalue weighted by Gasteiger charge is 2.27. The lowest BCUT2D eigenvalue weighted by atomic mass is 9.91. The van der Waals surface area contributed by atoms with Gasteiger partial charge in [0.15, 0.2) is 0 Å². The summed E-state index contributed by atoms with van der Waals surface area (Å²) >= 11 is 0. The van der Waals surface area contributed by atoms with Crippen molar-refractivity contribution in [2.75, 3.05) is 13.1 Å². The van der Waals surface area contributed by atoms with E-state index in [1.54, 1.807) is 18.3 Å². The Labute approximate surface area is 158 Å². The molecule has 1 saturated heterocycles. The molecular weight excluding hydrogens is 341 g/mol. The lowest BCUT2D eigenvalue weighted by Crippen LogP contribution is -2.36. The molecule has 0 N–H and O–H groups in total. The Morgan fingerprint density at radius 1 is 1.15 bits per heavy atom. The van der Waals surface area contributed by atoms with Gasteiger partial charge in [-0.25, -0.2) is 9.37 Å². The predicted molar refractivity (Wildman–Crippen MR) is 103 cm³/mol. The maximum atomic E-state index is 14.6. The van der Waals surface area contributed by atoms with Crippen molar-refractivity contribution in [1.82, 2.24) is 14.3 Å². The zero-order chi connectivity index (χ0) is 18.8. The van der Waals surface area contributed by atoms with Gasteiger partial charge in [-0.2, -0.15) is 0 Å². The first kappa shape index (κ1) is 17.7. The second-order valence-electron chi connectivity index (χ2n) is 7.29. The predicted octanol–water partition coefficient (Wildman–Crippen LogP) is 4.32. The molecule has 0 spiro atoms. The number of hydrogen-bond donors (Lipinski definition) is 0. The average Bonchev–Trinajstić information content (AvgIpc) is 3.13. The Morgan fingerprint density at radius 3 is 2.70 bits per heavy atom. The number of halogens is 1. The van der Waals surface area contributed by atoms with Crippen LogP contribution >= 0.6 is 0 Å². The van der Waals surface area contributed by atoms with Crippen LogP contribution in [0.3, 0.4) is 0 Å². The number of pyridine rings is 1. The van der Waals surface area contributed by atoms with Crippen LogP contribution in [0.5, 0.6) is 0 Å². The number of hydrogen-bond acceptors (Lipinski definition) is 2. The summed E-state index contributed by atoms with van der Waals surface area (Å²) in [4.78, 5) is 19.4. The maximum absolute atomic E-state index is 14.6. The van der Waals surface area contributed by atoms with Crippen LogP contribution in [-0.2, 0) is 4.79 Å². The molecule has 140 valence electrons. The first-order chi connectivity index (χ1) is 13.1. The number of aryl methyl sites for hydroxylation is 1. The molecule has 27 heavy (non-hydrogen) atoms. The van der Waals surface area contributed by atoms with Gasteiger partial charge in [-0.3, -0.25) is 4.79 Å². The molecule has 0 radical (unpaired) electrons. The average molecular weight is 365 g/mol. The van der Waals surface area contributed by atoms with Gasteiger partial charge in [0.2, 0.25) is 5.91 Å². The van der Waals surface area contributed by atoms with Crippen LogP contribution in [0.15, 0.2) is 48.8 Å². The molecule has 1 aromatic carbocycles. The minimum absolute atomic E-state index is 0.0885. The fourth-order valence-corrected chi connectivity index (χ4v) is 4.01. The fourth-order valence-electron chi connectivity index (χ4n) is 4.01. The van der Waals surface area contributed by atoms with Crippen LogP contribution in [0.4, 0.5) is 4.39 Å². The summed E-state index contributed by atoms with van der Waals surface area (Å²) in [6.45, 7) is 3.60. The summed E-state index contributed by atoms with van der Waals surface area (Å²) in [6, 6.07) is 10.7. The largest absolute Gasteiger partial charge is 0.343 e. The van der Waals surface area contributed by atoms with Crippen molar-refractivity contribution in [3.05, 3.63) is 71.4 Å². The monoisotopic (exact) mass is 365 g/mol. The Bertz CT molecular complexity index is 959. The lowest BCUT2D eigenvalue weighted by Gasteiger charge is -2.28. The molecule has 0 bridgehead atoms. The van der Waals surface area contributed by atoms with Gasteiger partial charge in [0, 0.05) is 37.8 Å². The van der Waals surface area contributed by atoms with Gasteiger partial charge in [0.1, 0.15) is 11.5 Å². The Morgan fingerprint density at radius 2 is 1.93 bits per heavy atom. The second-order valence-corrected chi connectivity index (χ2v) is 7.29. The van der Waals surface area contributed by atoms with Crippen molar-refractivity contribution in [1.29, 1.82) is 0 Å². The summed E-state index contributed by atoms with van der Waals surface area (Å²) in [7, 11) is 0. The zero-order valence-electron chi connectivity index (χ0n) is 15.6. The molecule has 2 aromatic heterocycles. The standard InChI is InChI=1S/C22H24FN3O/c1-16-8-7-13-26-20(15-24-22(16)26)18(17-9-3-4-10-19(17)23)14-21(27)25-11-5-2-6-12-25/h3-4,7-10,13,15,18H,2,5-6,11-12,14H2,1H3/t18-/m0/s1. The SMILES string of the molecule is Cc1cccn2c([C@@H](CC(=O)N3CCCCC3)c3ccccc3F)cnc12. The Balaban J connectivity index is 1.75. The van der Waals surface area contributed by atoms with E-state index in [4.69, 9.17) is 0 Å². The first-order valence-electron chi connectivity index (χ1n) is 9.60. The van der Waals surface area contributed by atoms with E-state index in [0.29, 0.717) is 5.56 Å². The van der Waals surface area contributed by atoms with E-state index < -0.39 is 0 Å². The molecule has 1 aliphatic rings. The second kappa shape index (κ2) is 7.51. The summed E-state index contributed by atoms with van der Waals surface area (Å²) in [5.74, 6) is -0.556. The van der Waals surface area contributed by atoms with Crippen molar-refractivity contribution in [3.8, 4) is 0 Å². The fraction of sp³-hybridized carbons (Fsp3) is 0.364. The maximum Gasteiger partial charge on any atom is 0.223 e. The van der Waals surface area contributed by atoms with E-state index in [2.05, 4.69) is 4.98 Å². The molecule has 0 unspecified atom stereocenters. The number of amides is 1. The number of piperidine rings is 1. The summed E-state index contributed by atoms with van der Waals surface area (Å²) < 4.78 is 16.6.